The molecule has 2 N–H and O–H groups in total. The van der Waals surface area contributed by atoms with Crippen molar-refractivity contribution in [1.82, 2.24) is 14.9 Å². The van der Waals surface area contributed by atoms with Crippen LogP contribution in [0.3, 0.4) is 0 Å². The summed E-state index contributed by atoms with van der Waals surface area (Å²) in [6.07, 6.45) is 0.743. The molecular formula is C24H24N4O3S. The molecule has 0 fully saturated rings. The molecule has 0 spiro atoms. The lowest BCUT2D eigenvalue weighted by Gasteiger charge is -2.11. The van der Waals surface area contributed by atoms with Gasteiger partial charge in [-0.2, -0.15) is 0 Å². The predicted molar refractivity (Wildman–Crippen MR) is 125 cm³/mol. The second-order valence-corrected chi connectivity index (χ2v) is 9.09. The van der Waals surface area contributed by atoms with Crippen molar-refractivity contribution in [3.05, 3.63) is 90.3 Å². The van der Waals surface area contributed by atoms with Crippen molar-refractivity contribution >= 4 is 32.7 Å². The van der Waals surface area contributed by atoms with E-state index in [2.05, 4.69) is 19.6 Å². The van der Waals surface area contributed by atoms with Gasteiger partial charge in [0.05, 0.1) is 15.9 Å². The molecule has 7 nitrogen and oxygen atoms in total. The third-order valence-corrected chi connectivity index (χ3v) is 6.52. The highest BCUT2D eigenvalue weighted by Crippen LogP contribution is 2.18. The topological polar surface area (TPSA) is 93.1 Å². The number of anilines is 1. The fourth-order valence-corrected chi connectivity index (χ4v) is 4.63. The molecule has 0 saturated carbocycles. The van der Waals surface area contributed by atoms with Gasteiger partial charge < -0.3 is 9.88 Å². The maximum Gasteiger partial charge on any atom is 0.261 e. The Morgan fingerprint density at radius 1 is 0.969 bits per heavy atom. The lowest BCUT2D eigenvalue weighted by molar-refractivity contribution is 0.0953. The van der Waals surface area contributed by atoms with Crippen molar-refractivity contribution in [2.45, 2.75) is 24.8 Å². The molecule has 0 aliphatic heterocycles. The Morgan fingerprint density at radius 3 is 2.53 bits per heavy atom. The maximum absolute atomic E-state index is 12.6. The number of imidazole rings is 1. The van der Waals surface area contributed by atoms with Gasteiger partial charge in [0.1, 0.15) is 5.82 Å². The molecule has 4 aromatic rings. The highest BCUT2D eigenvalue weighted by molar-refractivity contribution is 7.92. The Hall–Kier alpha value is -3.65. The molecule has 1 amide bonds. The standard InChI is InChI=1S/C24H24N4O3S/c1-18-26-22-13-5-6-14-23(22)28(18)16-8-15-25-24(29)19-9-7-10-20(17-19)27-32(30,31)21-11-3-2-4-12-21/h2-7,9-14,17,27H,8,15-16H2,1H3,(H,25,29). The van der Waals surface area contributed by atoms with Gasteiger partial charge in [0, 0.05) is 24.3 Å². The molecule has 8 heteroatoms. The van der Waals surface area contributed by atoms with E-state index in [1.807, 2.05) is 31.2 Å². The maximum atomic E-state index is 12.6. The number of amides is 1. The zero-order valence-electron chi connectivity index (χ0n) is 17.7. The van der Waals surface area contributed by atoms with Crippen molar-refractivity contribution in [1.29, 1.82) is 0 Å². The first-order chi connectivity index (χ1) is 15.4. The number of hydrogen-bond donors (Lipinski definition) is 2. The second-order valence-electron chi connectivity index (χ2n) is 7.41. The SMILES string of the molecule is Cc1nc2ccccc2n1CCCNC(=O)c1cccc(NS(=O)(=O)c2ccccc2)c1. The highest BCUT2D eigenvalue weighted by atomic mass is 32.2. The largest absolute Gasteiger partial charge is 0.352 e. The van der Waals surface area contributed by atoms with Gasteiger partial charge in [-0.1, -0.05) is 36.4 Å². The minimum Gasteiger partial charge on any atom is -0.352 e. The number of rotatable bonds is 8. The summed E-state index contributed by atoms with van der Waals surface area (Å²) >= 11 is 0. The van der Waals surface area contributed by atoms with Crippen LogP contribution in [0, 0.1) is 6.92 Å². The number of fused-ring (bicyclic) bond motifs is 1. The van der Waals surface area contributed by atoms with Crippen LogP contribution in [0.15, 0.2) is 83.8 Å². The molecule has 0 radical (unpaired) electrons. The number of aryl methyl sites for hydroxylation is 2. The first-order valence-electron chi connectivity index (χ1n) is 10.3. The molecule has 0 unspecified atom stereocenters. The van der Waals surface area contributed by atoms with Crippen molar-refractivity contribution in [3.63, 3.8) is 0 Å². The number of carbonyl (C=O) groups is 1. The lowest BCUT2D eigenvalue weighted by Crippen LogP contribution is -2.25. The number of sulfonamides is 1. The van der Waals surface area contributed by atoms with Gasteiger partial charge in [0.15, 0.2) is 0 Å². The third-order valence-electron chi connectivity index (χ3n) is 5.12. The molecule has 4 rings (SSSR count). The van der Waals surface area contributed by atoms with Gasteiger partial charge in [0.2, 0.25) is 0 Å². The molecule has 0 aliphatic carbocycles. The zero-order valence-corrected chi connectivity index (χ0v) is 18.5. The lowest BCUT2D eigenvalue weighted by atomic mass is 10.2. The van der Waals surface area contributed by atoms with Crippen molar-refractivity contribution < 1.29 is 13.2 Å². The minimum absolute atomic E-state index is 0.164. The minimum atomic E-state index is -3.71. The van der Waals surface area contributed by atoms with Gasteiger partial charge >= 0.3 is 0 Å². The normalized spacial score (nSPS) is 11.4. The van der Waals surface area contributed by atoms with Crippen LogP contribution < -0.4 is 10.0 Å². The summed E-state index contributed by atoms with van der Waals surface area (Å²) < 4.78 is 29.7. The third kappa shape index (κ3) is 4.81. The summed E-state index contributed by atoms with van der Waals surface area (Å²) in [5.41, 5.74) is 2.77. The number of benzene rings is 3. The predicted octanol–water partition coefficient (Wildman–Crippen LogP) is 3.97. The van der Waals surface area contributed by atoms with Crippen LogP contribution in [0.5, 0.6) is 0 Å². The van der Waals surface area contributed by atoms with Crippen LogP contribution in [0.25, 0.3) is 11.0 Å². The summed E-state index contributed by atoms with van der Waals surface area (Å²) in [6.45, 7) is 3.20. The number of carbonyl (C=O) groups excluding carboxylic acids is 1. The van der Waals surface area contributed by atoms with Crippen LogP contribution in [0.2, 0.25) is 0 Å². The molecule has 1 aromatic heterocycles. The number of para-hydroxylation sites is 2. The number of nitrogens with zero attached hydrogens (tertiary/aromatic N) is 2. The van der Waals surface area contributed by atoms with Crippen molar-refractivity contribution in [3.8, 4) is 0 Å². The number of hydrogen-bond acceptors (Lipinski definition) is 4. The molecule has 32 heavy (non-hydrogen) atoms. The second kappa shape index (κ2) is 9.23. The van der Waals surface area contributed by atoms with Gasteiger partial charge in [-0.3, -0.25) is 9.52 Å². The number of aromatic nitrogens is 2. The van der Waals surface area contributed by atoms with Gasteiger partial charge in [-0.15, -0.1) is 0 Å². The quantitative estimate of drug-likeness (QED) is 0.399. The van der Waals surface area contributed by atoms with E-state index in [1.54, 1.807) is 36.4 Å². The molecule has 1 heterocycles. The average molecular weight is 449 g/mol. The molecule has 0 aliphatic rings. The van der Waals surface area contributed by atoms with Crippen LogP contribution in [0.4, 0.5) is 5.69 Å². The van der Waals surface area contributed by atoms with E-state index in [1.165, 1.54) is 18.2 Å². The van der Waals surface area contributed by atoms with E-state index in [0.29, 0.717) is 17.8 Å². The first-order valence-corrected chi connectivity index (χ1v) is 11.8. The highest BCUT2D eigenvalue weighted by Gasteiger charge is 2.14. The smallest absolute Gasteiger partial charge is 0.261 e. The molecule has 0 bridgehead atoms. The van der Waals surface area contributed by atoms with E-state index in [-0.39, 0.29) is 10.8 Å². The Bertz CT molecular complexity index is 1350. The molecule has 0 atom stereocenters. The fourth-order valence-electron chi connectivity index (χ4n) is 3.56. The molecule has 3 aromatic carbocycles. The van der Waals surface area contributed by atoms with Crippen molar-refractivity contribution in [2.24, 2.45) is 0 Å². The van der Waals surface area contributed by atoms with Gasteiger partial charge in [-0.05, 0) is 55.8 Å². The summed E-state index contributed by atoms with van der Waals surface area (Å²) in [7, 11) is -3.71. The Balaban J connectivity index is 1.35. The van der Waals surface area contributed by atoms with Crippen LogP contribution in [-0.2, 0) is 16.6 Å². The summed E-state index contributed by atoms with van der Waals surface area (Å²) in [4.78, 5) is 17.3. The Labute approximate surface area is 187 Å². The first kappa shape index (κ1) is 21.6. The number of nitrogens with one attached hydrogen (secondary N) is 2. The van der Waals surface area contributed by atoms with Gasteiger partial charge in [0.25, 0.3) is 15.9 Å². The molecule has 164 valence electrons. The summed E-state index contributed by atoms with van der Waals surface area (Å²) in [5.74, 6) is 0.689. The Kier molecular flexibility index (Phi) is 6.23. The van der Waals surface area contributed by atoms with E-state index in [0.717, 1.165) is 29.8 Å². The zero-order chi connectivity index (χ0) is 22.6. The van der Waals surface area contributed by atoms with Gasteiger partial charge in [-0.25, -0.2) is 13.4 Å². The van der Waals surface area contributed by atoms with E-state index >= 15 is 0 Å². The van der Waals surface area contributed by atoms with E-state index < -0.39 is 10.0 Å². The van der Waals surface area contributed by atoms with Crippen LogP contribution >= 0.6 is 0 Å². The fraction of sp³-hybridized carbons (Fsp3) is 0.167. The van der Waals surface area contributed by atoms with E-state index in [9.17, 15) is 13.2 Å². The van der Waals surface area contributed by atoms with E-state index in [4.69, 9.17) is 0 Å². The molecular weight excluding hydrogens is 424 g/mol. The summed E-state index contributed by atoms with van der Waals surface area (Å²) in [5, 5.41) is 2.90. The van der Waals surface area contributed by atoms with Crippen LogP contribution in [-0.4, -0.2) is 30.4 Å². The average Bonchev–Trinajstić information content (AvgIpc) is 3.12. The van der Waals surface area contributed by atoms with Crippen LogP contribution in [0.1, 0.15) is 22.6 Å². The molecule has 0 saturated heterocycles. The summed E-state index contributed by atoms with van der Waals surface area (Å²) in [6, 6.07) is 22.5. The Morgan fingerprint density at radius 2 is 1.72 bits per heavy atom. The van der Waals surface area contributed by atoms with Crippen molar-refractivity contribution in [2.75, 3.05) is 11.3 Å². The monoisotopic (exact) mass is 448 g/mol.